The molecule has 11 heavy (non-hydrogen) atoms. The minimum atomic E-state index is -0.0104. The SMILES string of the molecule is CCOC(=O)C1CCC1(C)C. The number of ether oxygens (including phenoxy) is 1. The molecule has 0 aliphatic heterocycles. The van der Waals surface area contributed by atoms with Gasteiger partial charge in [-0.1, -0.05) is 13.8 Å². The van der Waals surface area contributed by atoms with Crippen LogP contribution in [-0.2, 0) is 9.53 Å². The van der Waals surface area contributed by atoms with Gasteiger partial charge in [0.25, 0.3) is 0 Å². The molecule has 0 aromatic heterocycles. The Kier molecular flexibility index (Phi) is 2.21. The fourth-order valence-corrected chi connectivity index (χ4v) is 1.55. The summed E-state index contributed by atoms with van der Waals surface area (Å²) < 4.78 is 4.94. The average molecular weight is 156 g/mol. The summed E-state index contributed by atoms with van der Waals surface area (Å²) in [5.41, 5.74) is 0.187. The molecule has 0 amide bonds. The first-order valence-electron chi connectivity index (χ1n) is 4.24. The summed E-state index contributed by atoms with van der Waals surface area (Å²) in [5.74, 6) is 0.145. The molecular weight excluding hydrogens is 140 g/mol. The number of esters is 1. The first-order chi connectivity index (χ1) is 5.08. The van der Waals surface area contributed by atoms with E-state index in [1.165, 1.54) is 0 Å². The molecule has 1 aliphatic rings. The largest absolute Gasteiger partial charge is 0.466 e. The molecule has 1 aliphatic carbocycles. The van der Waals surface area contributed by atoms with Crippen molar-refractivity contribution < 1.29 is 9.53 Å². The van der Waals surface area contributed by atoms with Gasteiger partial charge in [0.15, 0.2) is 0 Å². The molecule has 1 unspecified atom stereocenters. The maximum absolute atomic E-state index is 11.2. The van der Waals surface area contributed by atoms with Gasteiger partial charge in [-0.25, -0.2) is 0 Å². The van der Waals surface area contributed by atoms with Gasteiger partial charge in [0, 0.05) is 0 Å². The number of hydrogen-bond acceptors (Lipinski definition) is 2. The molecule has 2 nitrogen and oxygen atoms in total. The molecule has 2 heteroatoms. The summed E-state index contributed by atoms with van der Waals surface area (Å²) in [7, 11) is 0. The van der Waals surface area contributed by atoms with Crippen LogP contribution < -0.4 is 0 Å². The molecule has 0 radical (unpaired) electrons. The topological polar surface area (TPSA) is 26.3 Å². The highest BCUT2D eigenvalue weighted by Gasteiger charge is 2.44. The Bertz CT molecular complexity index is 161. The van der Waals surface area contributed by atoms with E-state index in [0.29, 0.717) is 6.61 Å². The zero-order valence-electron chi connectivity index (χ0n) is 7.52. The molecule has 0 heterocycles. The van der Waals surface area contributed by atoms with Gasteiger partial charge in [0.05, 0.1) is 12.5 Å². The van der Waals surface area contributed by atoms with E-state index < -0.39 is 0 Å². The Labute approximate surface area is 67.9 Å². The van der Waals surface area contributed by atoms with Crippen molar-refractivity contribution >= 4 is 5.97 Å². The van der Waals surface area contributed by atoms with E-state index in [0.717, 1.165) is 12.8 Å². The van der Waals surface area contributed by atoms with Crippen LogP contribution in [0.25, 0.3) is 0 Å². The highest BCUT2D eigenvalue weighted by atomic mass is 16.5. The summed E-state index contributed by atoms with van der Waals surface area (Å²) in [6.45, 7) is 6.60. The molecule has 1 rings (SSSR count). The quantitative estimate of drug-likeness (QED) is 0.571. The third-order valence-electron chi connectivity index (χ3n) is 2.59. The minimum absolute atomic E-state index is 0.0104. The van der Waals surface area contributed by atoms with Crippen LogP contribution in [-0.4, -0.2) is 12.6 Å². The van der Waals surface area contributed by atoms with E-state index in [-0.39, 0.29) is 17.3 Å². The summed E-state index contributed by atoms with van der Waals surface area (Å²) in [5, 5.41) is 0. The molecule has 0 spiro atoms. The lowest BCUT2D eigenvalue weighted by Crippen LogP contribution is -2.41. The van der Waals surface area contributed by atoms with Crippen molar-refractivity contribution in [2.24, 2.45) is 11.3 Å². The van der Waals surface area contributed by atoms with Crippen molar-refractivity contribution in [3.63, 3.8) is 0 Å². The third-order valence-corrected chi connectivity index (χ3v) is 2.59. The zero-order valence-corrected chi connectivity index (χ0v) is 7.52. The number of hydrogen-bond donors (Lipinski definition) is 0. The lowest BCUT2D eigenvalue weighted by Gasteiger charge is -2.42. The van der Waals surface area contributed by atoms with Crippen LogP contribution >= 0.6 is 0 Å². The Morgan fingerprint density at radius 2 is 2.27 bits per heavy atom. The Balaban J connectivity index is 2.43. The van der Waals surface area contributed by atoms with E-state index in [1.54, 1.807) is 0 Å². The van der Waals surface area contributed by atoms with Crippen molar-refractivity contribution in [3.05, 3.63) is 0 Å². The first kappa shape index (κ1) is 8.57. The van der Waals surface area contributed by atoms with Crippen molar-refractivity contribution in [2.45, 2.75) is 33.6 Å². The predicted molar refractivity (Wildman–Crippen MR) is 43.1 cm³/mol. The van der Waals surface area contributed by atoms with Crippen LogP contribution in [0.15, 0.2) is 0 Å². The van der Waals surface area contributed by atoms with E-state index in [9.17, 15) is 4.79 Å². The normalized spacial score (nSPS) is 27.4. The van der Waals surface area contributed by atoms with Crippen molar-refractivity contribution in [3.8, 4) is 0 Å². The van der Waals surface area contributed by atoms with Gasteiger partial charge in [-0.2, -0.15) is 0 Å². The number of carbonyl (C=O) groups is 1. The maximum atomic E-state index is 11.2. The van der Waals surface area contributed by atoms with Gasteiger partial charge in [0.1, 0.15) is 0 Å². The Hall–Kier alpha value is -0.530. The lowest BCUT2D eigenvalue weighted by molar-refractivity contribution is -0.158. The molecule has 1 fully saturated rings. The first-order valence-corrected chi connectivity index (χ1v) is 4.24. The summed E-state index contributed by atoms with van der Waals surface area (Å²) in [6.07, 6.45) is 2.16. The van der Waals surface area contributed by atoms with E-state index in [1.807, 2.05) is 6.92 Å². The highest BCUT2D eigenvalue weighted by Crippen LogP contribution is 2.46. The monoisotopic (exact) mass is 156 g/mol. The maximum Gasteiger partial charge on any atom is 0.309 e. The van der Waals surface area contributed by atoms with Crippen molar-refractivity contribution in [1.82, 2.24) is 0 Å². The van der Waals surface area contributed by atoms with Crippen LogP contribution in [0.3, 0.4) is 0 Å². The highest BCUT2D eigenvalue weighted by molar-refractivity contribution is 5.74. The molecular formula is C9H16O2. The zero-order chi connectivity index (χ0) is 8.48. The fraction of sp³-hybridized carbons (Fsp3) is 0.889. The van der Waals surface area contributed by atoms with Gasteiger partial charge in [0.2, 0.25) is 0 Å². The van der Waals surface area contributed by atoms with E-state index >= 15 is 0 Å². The summed E-state index contributed by atoms with van der Waals surface area (Å²) in [4.78, 5) is 11.2. The van der Waals surface area contributed by atoms with E-state index in [2.05, 4.69) is 13.8 Å². The van der Waals surface area contributed by atoms with Gasteiger partial charge in [-0.15, -0.1) is 0 Å². The van der Waals surface area contributed by atoms with Gasteiger partial charge in [-0.3, -0.25) is 4.79 Å². The third kappa shape index (κ3) is 1.55. The number of carbonyl (C=O) groups excluding carboxylic acids is 1. The lowest BCUT2D eigenvalue weighted by atomic mass is 9.63. The molecule has 64 valence electrons. The Morgan fingerprint density at radius 3 is 2.55 bits per heavy atom. The minimum Gasteiger partial charge on any atom is -0.466 e. The van der Waals surface area contributed by atoms with Crippen LogP contribution in [0, 0.1) is 11.3 Å². The smallest absolute Gasteiger partial charge is 0.309 e. The Morgan fingerprint density at radius 1 is 1.64 bits per heavy atom. The van der Waals surface area contributed by atoms with Gasteiger partial charge >= 0.3 is 5.97 Å². The van der Waals surface area contributed by atoms with Crippen molar-refractivity contribution in [1.29, 1.82) is 0 Å². The number of rotatable bonds is 2. The van der Waals surface area contributed by atoms with Crippen LogP contribution in [0.1, 0.15) is 33.6 Å². The van der Waals surface area contributed by atoms with Gasteiger partial charge < -0.3 is 4.74 Å². The molecule has 1 atom stereocenters. The van der Waals surface area contributed by atoms with Crippen LogP contribution in [0.2, 0.25) is 0 Å². The standard InChI is InChI=1S/C9H16O2/c1-4-11-8(10)7-5-6-9(7,2)3/h7H,4-6H2,1-3H3. The molecule has 0 N–H and O–H groups in total. The summed E-state index contributed by atoms with van der Waals surface area (Å²) in [6, 6.07) is 0. The second kappa shape index (κ2) is 2.84. The average Bonchev–Trinajstić information content (AvgIpc) is 1.86. The molecule has 0 bridgehead atoms. The van der Waals surface area contributed by atoms with Crippen LogP contribution in [0.5, 0.6) is 0 Å². The van der Waals surface area contributed by atoms with Crippen LogP contribution in [0.4, 0.5) is 0 Å². The molecule has 0 aromatic rings. The summed E-state index contributed by atoms with van der Waals surface area (Å²) >= 11 is 0. The predicted octanol–water partition coefficient (Wildman–Crippen LogP) is 1.99. The van der Waals surface area contributed by atoms with E-state index in [4.69, 9.17) is 4.74 Å². The molecule has 0 aromatic carbocycles. The molecule has 1 saturated carbocycles. The second-order valence-corrected chi connectivity index (χ2v) is 3.83. The second-order valence-electron chi connectivity index (χ2n) is 3.83. The molecule has 0 saturated heterocycles. The van der Waals surface area contributed by atoms with Crippen molar-refractivity contribution in [2.75, 3.05) is 6.61 Å². The fourth-order valence-electron chi connectivity index (χ4n) is 1.55. The van der Waals surface area contributed by atoms with Gasteiger partial charge in [-0.05, 0) is 25.2 Å².